The minimum Gasteiger partial charge on any atom is -0.466 e. The fraction of sp³-hybridized carbons (Fsp3) is 0.389. The summed E-state index contributed by atoms with van der Waals surface area (Å²) in [5, 5.41) is 0. The largest absolute Gasteiger partial charge is 0.466 e. The Hall–Kier alpha value is -4.46. The van der Waals surface area contributed by atoms with Crippen molar-refractivity contribution in [3.8, 4) is 0 Å². The molecule has 230 valence electrons. The predicted octanol–water partition coefficient (Wildman–Crippen LogP) is 7.82. The van der Waals surface area contributed by atoms with Crippen molar-refractivity contribution in [1.82, 2.24) is 19.9 Å². The number of hydrogen-bond donors (Lipinski definition) is 2. The molecule has 0 unspecified atom stereocenters. The van der Waals surface area contributed by atoms with E-state index >= 15 is 0 Å². The number of ether oxygens (including phenoxy) is 2. The summed E-state index contributed by atoms with van der Waals surface area (Å²) in [5.41, 5.74) is 14.7. The molecule has 2 aliphatic rings. The molecule has 8 heteroatoms. The molecule has 3 aromatic heterocycles. The van der Waals surface area contributed by atoms with Gasteiger partial charge < -0.3 is 19.4 Å². The van der Waals surface area contributed by atoms with E-state index in [-0.39, 0.29) is 18.5 Å². The first kappa shape index (κ1) is 31.0. The van der Waals surface area contributed by atoms with Crippen molar-refractivity contribution in [3.05, 3.63) is 69.3 Å². The first-order valence-electron chi connectivity index (χ1n) is 15.6. The number of hydrogen-bond acceptors (Lipinski definition) is 6. The molecule has 0 aliphatic carbocycles. The maximum absolute atomic E-state index is 13.2. The number of fused-ring (bicyclic) bond motifs is 8. The van der Waals surface area contributed by atoms with Crippen LogP contribution in [0.4, 0.5) is 0 Å². The van der Waals surface area contributed by atoms with Gasteiger partial charge in [-0.1, -0.05) is 13.8 Å². The third kappa shape index (κ3) is 5.61. The second-order valence-corrected chi connectivity index (χ2v) is 11.3. The standard InChI is InChI=1S/C36H42N4O4/c1-9-23-19(5)26-15-27-21(7)25(13-14-34(41)43-11-3)32(39-27)18-31-24(10-2)20(6)28(38-31)17-33-35(36(42)44-12-4)22(8)29(40-33)16-30(23)37-26/h15-18,38-39H,9-14H2,1-8H3. The van der Waals surface area contributed by atoms with Crippen LogP contribution >= 0.6 is 0 Å². The lowest BCUT2D eigenvalue weighted by Crippen LogP contribution is -2.06. The summed E-state index contributed by atoms with van der Waals surface area (Å²) in [5.74, 6) is -0.593. The summed E-state index contributed by atoms with van der Waals surface area (Å²) in [6.07, 6.45) is 2.47. The van der Waals surface area contributed by atoms with E-state index < -0.39 is 0 Å². The van der Waals surface area contributed by atoms with E-state index in [0.29, 0.717) is 36.4 Å². The molecule has 0 amide bonds. The van der Waals surface area contributed by atoms with Gasteiger partial charge in [0.25, 0.3) is 0 Å². The lowest BCUT2D eigenvalue weighted by Gasteiger charge is -2.04. The second-order valence-electron chi connectivity index (χ2n) is 11.3. The number of carbonyl (C=O) groups is 2. The number of aromatic nitrogens is 4. The van der Waals surface area contributed by atoms with Gasteiger partial charge in [-0.3, -0.25) is 4.79 Å². The molecule has 5 heterocycles. The molecule has 2 N–H and O–H groups in total. The van der Waals surface area contributed by atoms with Crippen molar-refractivity contribution < 1.29 is 19.1 Å². The molecule has 0 atom stereocenters. The van der Waals surface area contributed by atoms with Crippen LogP contribution in [0.25, 0.3) is 44.4 Å². The third-order valence-corrected chi connectivity index (χ3v) is 8.74. The first-order chi connectivity index (χ1) is 21.1. The van der Waals surface area contributed by atoms with Crippen molar-refractivity contribution >= 4 is 56.3 Å². The van der Waals surface area contributed by atoms with E-state index in [1.54, 1.807) is 0 Å². The Kier molecular flexibility index (Phi) is 8.90. The van der Waals surface area contributed by atoms with Gasteiger partial charge in [0.2, 0.25) is 0 Å². The van der Waals surface area contributed by atoms with Crippen LogP contribution in [-0.2, 0) is 31.9 Å². The van der Waals surface area contributed by atoms with E-state index in [4.69, 9.17) is 19.4 Å². The van der Waals surface area contributed by atoms with Gasteiger partial charge in [0.1, 0.15) is 0 Å². The van der Waals surface area contributed by atoms with Crippen molar-refractivity contribution in [3.63, 3.8) is 0 Å². The fourth-order valence-electron chi connectivity index (χ4n) is 6.31. The van der Waals surface area contributed by atoms with E-state index in [1.807, 2.05) is 32.9 Å². The summed E-state index contributed by atoms with van der Waals surface area (Å²) in [7, 11) is 0. The molecule has 0 saturated carbocycles. The minimum atomic E-state index is -0.385. The number of aromatic amines is 2. The summed E-state index contributed by atoms with van der Waals surface area (Å²) in [4.78, 5) is 42.9. The zero-order chi connectivity index (χ0) is 31.7. The molecular weight excluding hydrogens is 552 g/mol. The predicted molar refractivity (Wildman–Crippen MR) is 177 cm³/mol. The summed E-state index contributed by atoms with van der Waals surface area (Å²) >= 11 is 0. The number of carbonyl (C=O) groups excluding carboxylic acids is 2. The molecule has 8 bridgehead atoms. The van der Waals surface area contributed by atoms with Crippen LogP contribution in [0.3, 0.4) is 0 Å². The highest BCUT2D eigenvalue weighted by atomic mass is 16.5. The molecule has 0 saturated heterocycles. The smallest absolute Gasteiger partial charge is 0.340 e. The Morgan fingerprint density at radius 2 is 1.25 bits per heavy atom. The average molecular weight is 595 g/mol. The van der Waals surface area contributed by atoms with Gasteiger partial charge in [-0.05, 0) is 124 Å². The highest BCUT2D eigenvalue weighted by Gasteiger charge is 2.26. The van der Waals surface area contributed by atoms with Crippen LogP contribution < -0.4 is 0 Å². The molecule has 3 aromatic rings. The fourth-order valence-corrected chi connectivity index (χ4v) is 6.31. The lowest BCUT2D eigenvalue weighted by atomic mass is 10.0. The molecule has 0 aromatic carbocycles. The number of nitrogens with one attached hydrogen (secondary N) is 2. The van der Waals surface area contributed by atoms with Crippen molar-refractivity contribution in [2.45, 2.75) is 81.1 Å². The van der Waals surface area contributed by atoms with Crippen LogP contribution in [0.15, 0.2) is 24.3 Å². The molecule has 2 aliphatic heterocycles. The Morgan fingerprint density at radius 1 is 0.659 bits per heavy atom. The molecule has 0 fully saturated rings. The SMILES string of the molecule is CCOC(=O)CCc1c(C)c2cc3nc(cc4nc(cc5[nH]c(cc1[nH]2)c(CC)c5C)C(C(=O)OCC)=C4C)C(CC)=C3C. The molecule has 5 rings (SSSR count). The quantitative estimate of drug-likeness (QED) is 0.257. The van der Waals surface area contributed by atoms with Crippen LogP contribution in [0.1, 0.15) is 99.4 Å². The number of H-pyrrole nitrogens is 2. The van der Waals surface area contributed by atoms with Gasteiger partial charge in [0.05, 0.1) is 41.6 Å². The summed E-state index contributed by atoms with van der Waals surface area (Å²) < 4.78 is 10.7. The Bertz CT molecular complexity index is 1890. The topological polar surface area (TPSA) is 110 Å². The van der Waals surface area contributed by atoms with Crippen LogP contribution in [-0.4, -0.2) is 45.1 Å². The Labute approximate surface area is 258 Å². The van der Waals surface area contributed by atoms with Crippen LogP contribution in [0, 0.1) is 13.8 Å². The van der Waals surface area contributed by atoms with E-state index in [0.717, 1.165) is 79.7 Å². The van der Waals surface area contributed by atoms with Crippen molar-refractivity contribution in [1.29, 1.82) is 0 Å². The molecule has 8 nitrogen and oxygen atoms in total. The molecular formula is C36H42N4O4. The normalized spacial score (nSPS) is 13.1. The van der Waals surface area contributed by atoms with Gasteiger partial charge in [0.15, 0.2) is 0 Å². The van der Waals surface area contributed by atoms with Crippen molar-refractivity contribution in [2.75, 3.05) is 13.2 Å². The molecule has 0 spiro atoms. The van der Waals surface area contributed by atoms with E-state index in [1.165, 1.54) is 5.56 Å². The third-order valence-electron chi connectivity index (χ3n) is 8.74. The number of allylic oxidation sites excluding steroid dienone is 3. The van der Waals surface area contributed by atoms with Gasteiger partial charge in [-0.25, -0.2) is 14.8 Å². The Balaban J connectivity index is 1.90. The average Bonchev–Trinajstić information content (AvgIpc) is 3.65. The zero-order valence-electron chi connectivity index (χ0n) is 27.1. The second kappa shape index (κ2) is 12.6. The number of rotatable bonds is 8. The molecule has 44 heavy (non-hydrogen) atoms. The summed E-state index contributed by atoms with van der Waals surface area (Å²) in [6.45, 7) is 16.7. The van der Waals surface area contributed by atoms with E-state index in [9.17, 15) is 9.59 Å². The highest BCUT2D eigenvalue weighted by Crippen LogP contribution is 2.36. The lowest BCUT2D eigenvalue weighted by molar-refractivity contribution is -0.143. The van der Waals surface area contributed by atoms with Gasteiger partial charge >= 0.3 is 11.9 Å². The monoisotopic (exact) mass is 594 g/mol. The van der Waals surface area contributed by atoms with Gasteiger partial charge in [0, 0.05) is 28.5 Å². The van der Waals surface area contributed by atoms with Crippen molar-refractivity contribution in [2.24, 2.45) is 0 Å². The maximum atomic E-state index is 13.2. The number of nitrogens with zero attached hydrogens (tertiary/aromatic N) is 2. The zero-order valence-corrected chi connectivity index (χ0v) is 27.1. The number of aryl methyl sites for hydroxylation is 4. The maximum Gasteiger partial charge on any atom is 0.340 e. The highest BCUT2D eigenvalue weighted by molar-refractivity contribution is 6.25. The van der Waals surface area contributed by atoms with E-state index in [2.05, 4.69) is 56.7 Å². The van der Waals surface area contributed by atoms with Gasteiger partial charge in [-0.2, -0.15) is 0 Å². The number of esters is 2. The Morgan fingerprint density at radius 3 is 1.89 bits per heavy atom. The van der Waals surface area contributed by atoms with Crippen LogP contribution in [0.2, 0.25) is 0 Å². The minimum absolute atomic E-state index is 0.208. The van der Waals surface area contributed by atoms with Crippen LogP contribution in [0.5, 0.6) is 0 Å². The van der Waals surface area contributed by atoms with Gasteiger partial charge in [-0.15, -0.1) is 0 Å². The first-order valence-corrected chi connectivity index (χ1v) is 15.6. The molecule has 0 radical (unpaired) electrons. The summed E-state index contributed by atoms with van der Waals surface area (Å²) in [6, 6.07) is 8.16.